The molecule has 9 aromatic rings. The maximum absolute atomic E-state index is 14.6. The van der Waals surface area contributed by atoms with Crippen molar-refractivity contribution in [2.75, 3.05) is 9.80 Å². The van der Waals surface area contributed by atoms with Crippen molar-refractivity contribution in [3.05, 3.63) is 194 Å². The summed E-state index contributed by atoms with van der Waals surface area (Å²) < 4.78 is 2.13. The Morgan fingerprint density at radius 2 is 0.727 bits per heavy atom. The molecule has 7 aromatic carbocycles. The van der Waals surface area contributed by atoms with E-state index in [-0.39, 0.29) is 21.7 Å². The lowest BCUT2D eigenvalue weighted by atomic mass is 9.73. The van der Waals surface area contributed by atoms with Crippen LogP contribution in [-0.2, 0) is 10.8 Å². The van der Waals surface area contributed by atoms with E-state index in [1.807, 2.05) is 30.3 Å². The van der Waals surface area contributed by atoms with E-state index in [4.69, 9.17) is 0 Å². The van der Waals surface area contributed by atoms with Crippen LogP contribution in [0.15, 0.2) is 161 Å². The topological polar surface area (TPSA) is 45.0 Å². The summed E-state index contributed by atoms with van der Waals surface area (Å²) in [7, 11) is 0. The number of rotatable bonds is 2. The highest BCUT2D eigenvalue weighted by molar-refractivity contribution is 6.09. The second-order valence-corrected chi connectivity index (χ2v) is 16.1. The van der Waals surface area contributed by atoms with Gasteiger partial charge in [-0.25, -0.2) is 0 Å². The summed E-state index contributed by atoms with van der Waals surface area (Å²) >= 11 is 0. The number of aromatic nitrogens is 1. The monoisotopic (exact) mass is 711 g/mol. The quantitative estimate of drug-likeness (QED) is 0.132. The van der Waals surface area contributed by atoms with Gasteiger partial charge in [0.25, 0.3) is 0 Å². The predicted molar refractivity (Wildman–Crippen MR) is 227 cm³/mol. The predicted octanol–water partition coefficient (Wildman–Crippen LogP) is 11.8. The van der Waals surface area contributed by atoms with Crippen LogP contribution in [0.25, 0.3) is 38.1 Å². The molecular formula is C50H37N3O2. The van der Waals surface area contributed by atoms with Gasteiger partial charge in [0.1, 0.15) is 0 Å². The van der Waals surface area contributed by atoms with Crippen LogP contribution in [0.3, 0.4) is 0 Å². The molecule has 0 saturated carbocycles. The zero-order valence-electron chi connectivity index (χ0n) is 31.1. The maximum atomic E-state index is 14.6. The fourth-order valence-corrected chi connectivity index (χ4v) is 9.79. The molecule has 5 heteroatoms. The van der Waals surface area contributed by atoms with Gasteiger partial charge in [-0.2, -0.15) is 0 Å². The molecule has 4 heterocycles. The number of hydrogen-bond donors (Lipinski definition) is 0. The average Bonchev–Trinajstić information content (AvgIpc) is 3.21. The highest BCUT2D eigenvalue weighted by atomic mass is 16.1. The van der Waals surface area contributed by atoms with E-state index in [0.29, 0.717) is 27.1 Å². The molecule has 0 saturated heterocycles. The molecule has 0 bridgehead atoms. The summed E-state index contributed by atoms with van der Waals surface area (Å²) in [5.41, 5.74) is 12.8. The molecule has 0 unspecified atom stereocenters. The van der Waals surface area contributed by atoms with Crippen LogP contribution in [0.4, 0.5) is 34.1 Å². The first-order chi connectivity index (χ1) is 26.7. The van der Waals surface area contributed by atoms with Crippen molar-refractivity contribution >= 4 is 72.2 Å². The van der Waals surface area contributed by atoms with Gasteiger partial charge in [0, 0.05) is 43.7 Å². The Kier molecular flexibility index (Phi) is 6.31. The van der Waals surface area contributed by atoms with Crippen LogP contribution in [0, 0.1) is 0 Å². The van der Waals surface area contributed by atoms with Gasteiger partial charge >= 0.3 is 0 Å². The second-order valence-electron chi connectivity index (χ2n) is 16.1. The third kappa shape index (κ3) is 4.13. The van der Waals surface area contributed by atoms with Crippen LogP contribution >= 0.6 is 0 Å². The average molecular weight is 712 g/mol. The lowest BCUT2D eigenvalue weighted by molar-refractivity contribution is 0.632. The summed E-state index contributed by atoms with van der Waals surface area (Å²) in [4.78, 5) is 33.7. The molecular weight excluding hydrogens is 675 g/mol. The van der Waals surface area contributed by atoms with Crippen molar-refractivity contribution in [3.63, 3.8) is 0 Å². The molecule has 2 aromatic heterocycles. The van der Waals surface area contributed by atoms with Crippen LogP contribution < -0.4 is 20.7 Å². The normalized spacial score (nSPS) is 15.3. The Morgan fingerprint density at radius 1 is 0.382 bits per heavy atom. The molecule has 0 N–H and O–H groups in total. The molecule has 0 atom stereocenters. The van der Waals surface area contributed by atoms with Crippen LogP contribution in [0.1, 0.15) is 49.9 Å². The van der Waals surface area contributed by atoms with E-state index in [9.17, 15) is 9.59 Å². The van der Waals surface area contributed by atoms with Crippen molar-refractivity contribution in [1.82, 2.24) is 4.40 Å². The molecule has 2 aliphatic rings. The van der Waals surface area contributed by atoms with Crippen LogP contribution in [-0.4, -0.2) is 4.40 Å². The molecule has 0 amide bonds. The Hall–Kier alpha value is -6.72. The van der Waals surface area contributed by atoms with E-state index < -0.39 is 0 Å². The van der Waals surface area contributed by atoms with Crippen molar-refractivity contribution < 1.29 is 0 Å². The number of pyridine rings is 2. The second kappa shape index (κ2) is 10.9. The standard InChI is InChI=1S/C50H37N3O2/c1-49(2)36-16-5-9-20-42(36)51(43-21-10-6-17-37(43)49)30-24-26-40-34(28-30)47(54)32-14-13-15-33-46(32)53(40)41-27-25-31(29-35(41)48(33)55)52-44-22-11-7-18-38(44)50(3,4)39-19-8-12-23-45(39)52/h5-29H,1-4H3. The third-order valence-electron chi connectivity index (χ3n) is 12.5. The fraction of sp³-hybridized carbons (Fsp3) is 0.120. The molecule has 264 valence electrons. The van der Waals surface area contributed by atoms with Gasteiger partial charge in [-0.3, -0.25) is 9.59 Å². The Balaban J connectivity index is 1.18. The molecule has 55 heavy (non-hydrogen) atoms. The van der Waals surface area contributed by atoms with E-state index >= 15 is 0 Å². The van der Waals surface area contributed by atoms with Crippen molar-refractivity contribution in [2.45, 2.75) is 38.5 Å². The van der Waals surface area contributed by atoms with Crippen LogP contribution in [0.5, 0.6) is 0 Å². The van der Waals surface area contributed by atoms with Gasteiger partial charge < -0.3 is 14.2 Å². The zero-order chi connectivity index (χ0) is 37.4. The van der Waals surface area contributed by atoms with Crippen molar-refractivity contribution in [1.29, 1.82) is 0 Å². The number of benzene rings is 7. The number of anilines is 6. The highest BCUT2D eigenvalue weighted by Gasteiger charge is 2.38. The molecule has 0 spiro atoms. The minimum Gasteiger partial charge on any atom is -0.310 e. The summed E-state index contributed by atoms with van der Waals surface area (Å²) in [5, 5.41) is 2.28. The van der Waals surface area contributed by atoms with Crippen molar-refractivity contribution in [3.8, 4) is 0 Å². The van der Waals surface area contributed by atoms with E-state index in [1.54, 1.807) is 0 Å². The fourth-order valence-electron chi connectivity index (χ4n) is 9.79. The van der Waals surface area contributed by atoms with E-state index in [2.05, 4.69) is 163 Å². The van der Waals surface area contributed by atoms with Crippen molar-refractivity contribution in [2.24, 2.45) is 0 Å². The highest BCUT2D eigenvalue weighted by Crippen LogP contribution is 2.53. The lowest BCUT2D eigenvalue weighted by Crippen LogP contribution is -2.30. The first kappa shape index (κ1) is 31.8. The van der Waals surface area contributed by atoms with Gasteiger partial charge in [-0.1, -0.05) is 107 Å². The summed E-state index contributed by atoms with van der Waals surface area (Å²) in [6, 6.07) is 52.1. The van der Waals surface area contributed by atoms with Gasteiger partial charge in [0.15, 0.2) is 10.9 Å². The molecule has 0 radical (unpaired) electrons. The summed E-state index contributed by atoms with van der Waals surface area (Å²) in [6.07, 6.45) is 0. The first-order valence-electron chi connectivity index (χ1n) is 19.0. The minimum absolute atomic E-state index is 0.0825. The van der Waals surface area contributed by atoms with Gasteiger partial charge in [0.05, 0.1) is 39.3 Å². The summed E-state index contributed by atoms with van der Waals surface area (Å²) in [6.45, 7) is 9.10. The number of para-hydroxylation sites is 5. The van der Waals surface area contributed by atoms with E-state index in [1.165, 1.54) is 22.3 Å². The van der Waals surface area contributed by atoms with Crippen LogP contribution in [0.2, 0.25) is 0 Å². The number of hydrogen-bond acceptors (Lipinski definition) is 4. The number of fused-ring (bicyclic) bond motifs is 8. The zero-order valence-corrected chi connectivity index (χ0v) is 31.1. The molecule has 5 nitrogen and oxygen atoms in total. The maximum Gasteiger partial charge on any atom is 0.197 e. The molecule has 0 fully saturated rings. The molecule has 2 aliphatic heterocycles. The Morgan fingerprint density at radius 3 is 1.09 bits per heavy atom. The van der Waals surface area contributed by atoms with Gasteiger partial charge in [-0.05, 0) is 95.1 Å². The van der Waals surface area contributed by atoms with Gasteiger partial charge in [0.2, 0.25) is 0 Å². The minimum atomic E-state index is -0.194. The van der Waals surface area contributed by atoms with Gasteiger partial charge in [-0.15, -0.1) is 0 Å². The Labute approximate surface area is 318 Å². The largest absolute Gasteiger partial charge is 0.310 e. The Bertz CT molecular complexity index is 2920. The lowest BCUT2D eigenvalue weighted by Gasteiger charge is -2.42. The SMILES string of the molecule is CC1(C)c2ccccc2N(c2ccc3c(c2)c(=O)c2cccc4c(=O)c5cc(N6c7ccccc7C(C)(C)c7ccccc76)ccc5n3c24)c2ccccc21. The summed E-state index contributed by atoms with van der Waals surface area (Å²) in [5.74, 6) is 0. The van der Waals surface area contributed by atoms with E-state index in [0.717, 1.165) is 45.2 Å². The molecule has 0 aliphatic carbocycles. The first-order valence-corrected chi connectivity index (χ1v) is 19.0. The number of nitrogens with zero attached hydrogens (tertiary/aromatic N) is 3. The third-order valence-corrected chi connectivity index (χ3v) is 12.5. The molecule has 11 rings (SSSR count). The smallest absolute Gasteiger partial charge is 0.197 e.